The zero-order valence-electron chi connectivity index (χ0n) is 11.1. The summed E-state index contributed by atoms with van der Waals surface area (Å²) in [7, 11) is 0. The standard InChI is InChI=1S/C16H15BrN2O/c17-10-12-3-5-13(6-4-12)16(20)19-9-7-15-14(11-19)2-1-8-18-15/h1-6,8H,7,9-11H2. The van der Waals surface area contributed by atoms with E-state index in [0.717, 1.165) is 35.1 Å². The first kappa shape index (κ1) is 13.3. The molecule has 0 saturated carbocycles. The highest BCUT2D eigenvalue weighted by molar-refractivity contribution is 9.08. The number of halogens is 1. The van der Waals surface area contributed by atoms with Gasteiger partial charge >= 0.3 is 0 Å². The fourth-order valence-electron chi connectivity index (χ4n) is 2.46. The van der Waals surface area contributed by atoms with Crippen molar-refractivity contribution < 1.29 is 4.79 Å². The lowest BCUT2D eigenvalue weighted by Gasteiger charge is -2.28. The molecule has 3 nitrogen and oxygen atoms in total. The van der Waals surface area contributed by atoms with Gasteiger partial charge in [-0.25, -0.2) is 0 Å². The molecule has 1 aliphatic heterocycles. The number of aromatic nitrogens is 1. The molecule has 20 heavy (non-hydrogen) atoms. The molecule has 0 radical (unpaired) electrons. The maximum absolute atomic E-state index is 12.5. The van der Waals surface area contributed by atoms with Crippen LogP contribution in [0.2, 0.25) is 0 Å². The fourth-order valence-corrected chi connectivity index (χ4v) is 2.83. The van der Waals surface area contributed by atoms with Gasteiger partial charge in [0.1, 0.15) is 0 Å². The minimum absolute atomic E-state index is 0.0978. The molecule has 1 aromatic heterocycles. The van der Waals surface area contributed by atoms with Gasteiger partial charge in [0, 0.05) is 42.3 Å². The van der Waals surface area contributed by atoms with Crippen LogP contribution in [-0.4, -0.2) is 22.3 Å². The Morgan fingerprint density at radius 1 is 1.25 bits per heavy atom. The molecule has 0 spiro atoms. The van der Waals surface area contributed by atoms with Crippen LogP contribution in [-0.2, 0) is 18.3 Å². The predicted octanol–water partition coefficient (Wildman–Crippen LogP) is 3.18. The molecular weight excluding hydrogens is 316 g/mol. The first-order chi connectivity index (χ1) is 9.78. The molecule has 2 aromatic rings. The topological polar surface area (TPSA) is 33.2 Å². The summed E-state index contributed by atoms with van der Waals surface area (Å²) in [5.41, 5.74) is 4.20. The number of fused-ring (bicyclic) bond motifs is 1. The molecular formula is C16H15BrN2O. The molecule has 102 valence electrons. The van der Waals surface area contributed by atoms with Crippen molar-refractivity contribution in [2.75, 3.05) is 6.54 Å². The molecule has 0 atom stereocenters. The highest BCUT2D eigenvalue weighted by atomic mass is 79.9. The molecule has 2 heterocycles. The van der Waals surface area contributed by atoms with Crippen LogP contribution >= 0.6 is 15.9 Å². The quantitative estimate of drug-likeness (QED) is 0.792. The van der Waals surface area contributed by atoms with Crippen LogP contribution in [0.15, 0.2) is 42.6 Å². The normalized spacial score (nSPS) is 13.9. The van der Waals surface area contributed by atoms with Crippen LogP contribution in [0, 0.1) is 0 Å². The minimum atomic E-state index is 0.0978. The van der Waals surface area contributed by atoms with Crippen molar-refractivity contribution in [3.63, 3.8) is 0 Å². The van der Waals surface area contributed by atoms with Gasteiger partial charge in [-0.3, -0.25) is 9.78 Å². The lowest BCUT2D eigenvalue weighted by atomic mass is 10.0. The van der Waals surface area contributed by atoms with E-state index in [2.05, 4.69) is 27.0 Å². The minimum Gasteiger partial charge on any atom is -0.334 e. The highest BCUT2D eigenvalue weighted by Gasteiger charge is 2.22. The summed E-state index contributed by atoms with van der Waals surface area (Å²) in [5, 5.41) is 0.810. The van der Waals surface area contributed by atoms with Crippen LogP contribution in [0.3, 0.4) is 0 Å². The first-order valence-corrected chi connectivity index (χ1v) is 7.77. The molecule has 1 aromatic carbocycles. The van der Waals surface area contributed by atoms with E-state index in [0.29, 0.717) is 6.54 Å². The number of hydrogen-bond donors (Lipinski definition) is 0. The summed E-state index contributed by atoms with van der Waals surface area (Å²) in [6.07, 6.45) is 2.65. The number of rotatable bonds is 2. The van der Waals surface area contributed by atoms with E-state index in [-0.39, 0.29) is 5.91 Å². The van der Waals surface area contributed by atoms with Crippen molar-refractivity contribution in [2.24, 2.45) is 0 Å². The molecule has 3 rings (SSSR count). The Labute approximate surface area is 126 Å². The van der Waals surface area contributed by atoms with Gasteiger partial charge in [-0.1, -0.05) is 34.1 Å². The molecule has 1 aliphatic rings. The maximum atomic E-state index is 12.5. The smallest absolute Gasteiger partial charge is 0.254 e. The van der Waals surface area contributed by atoms with Crippen LogP contribution < -0.4 is 0 Å². The fraction of sp³-hybridized carbons (Fsp3) is 0.250. The van der Waals surface area contributed by atoms with E-state index < -0.39 is 0 Å². The van der Waals surface area contributed by atoms with Crippen LogP contribution in [0.1, 0.15) is 27.2 Å². The zero-order chi connectivity index (χ0) is 13.9. The molecule has 1 amide bonds. The number of carbonyl (C=O) groups excluding carboxylic acids is 1. The molecule has 0 fully saturated rings. The second kappa shape index (κ2) is 5.75. The Morgan fingerprint density at radius 3 is 2.80 bits per heavy atom. The van der Waals surface area contributed by atoms with E-state index in [1.807, 2.05) is 41.4 Å². The summed E-state index contributed by atoms with van der Waals surface area (Å²) in [4.78, 5) is 18.8. The Balaban J connectivity index is 1.78. The lowest BCUT2D eigenvalue weighted by Crippen LogP contribution is -2.36. The Bertz CT molecular complexity index is 625. The molecule has 0 bridgehead atoms. The van der Waals surface area contributed by atoms with Gasteiger partial charge in [-0.05, 0) is 29.3 Å². The van der Waals surface area contributed by atoms with Gasteiger partial charge in [-0.2, -0.15) is 0 Å². The van der Waals surface area contributed by atoms with Gasteiger partial charge in [0.2, 0.25) is 0 Å². The summed E-state index contributed by atoms with van der Waals surface area (Å²) in [6, 6.07) is 11.8. The Morgan fingerprint density at radius 2 is 2.05 bits per heavy atom. The summed E-state index contributed by atoms with van der Waals surface area (Å²) in [6.45, 7) is 1.39. The maximum Gasteiger partial charge on any atom is 0.254 e. The van der Waals surface area contributed by atoms with Crippen molar-refractivity contribution in [3.05, 3.63) is 65.0 Å². The van der Waals surface area contributed by atoms with Crippen LogP contribution in [0.25, 0.3) is 0 Å². The third-order valence-corrected chi connectivity index (χ3v) is 4.25. The molecule has 0 unspecified atom stereocenters. The summed E-state index contributed by atoms with van der Waals surface area (Å²) >= 11 is 3.41. The number of carbonyl (C=O) groups is 1. The number of nitrogens with zero attached hydrogens (tertiary/aromatic N) is 2. The van der Waals surface area contributed by atoms with Gasteiger partial charge < -0.3 is 4.90 Å². The van der Waals surface area contributed by atoms with Crippen molar-refractivity contribution in [1.82, 2.24) is 9.88 Å². The van der Waals surface area contributed by atoms with Gasteiger partial charge in [0.05, 0.1) is 0 Å². The van der Waals surface area contributed by atoms with Gasteiger partial charge in [0.15, 0.2) is 0 Å². The predicted molar refractivity (Wildman–Crippen MR) is 81.8 cm³/mol. The van der Waals surface area contributed by atoms with E-state index in [9.17, 15) is 4.79 Å². The first-order valence-electron chi connectivity index (χ1n) is 6.65. The second-order valence-electron chi connectivity index (χ2n) is 4.92. The number of pyridine rings is 1. The summed E-state index contributed by atoms with van der Waals surface area (Å²) < 4.78 is 0. The second-order valence-corrected chi connectivity index (χ2v) is 5.48. The lowest BCUT2D eigenvalue weighted by molar-refractivity contribution is 0.0733. The van der Waals surface area contributed by atoms with Crippen molar-refractivity contribution in [1.29, 1.82) is 0 Å². The molecule has 4 heteroatoms. The van der Waals surface area contributed by atoms with Crippen molar-refractivity contribution >= 4 is 21.8 Å². The van der Waals surface area contributed by atoms with Crippen molar-refractivity contribution in [3.8, 4) is 0 Å². The molecule has 0 aliphatic carbocycles. The van der Waals surface area contributed by atoms with Crippen molar-refractivity contribution in [2.45, 2.75) is 18.3 Å². The number of hydrogen-bond acceptors (Lipinski definition) is 2. The van der Waals surface area contributed by atoms with E-state index >= 15 is 0 Å². The van der Waals surface area contributed by atoms with Gasteiger partial charge in [0.25, 0.3) is 5.91 Å². The average molecular weight is 331 g/mol. The number of benzene rings is 1. The van der Waals surface area contributed by atoms with Gasteiger partial charge in [-0.15, -0.1) is 0 Å². The number of alkyl halides is 1. The third-order valence-electron chi connectivity index (χ3n) is 3.61. The van der Waals surface area contributed by atoms with E-state index in [1.54, 1.807) is 0 Å². The number of amides is 1. The Kier molecular flexibility index (Phi) is 3.83. The SMILES string of the molecule is O=C(c1ccc(CBr)cc1)N1CCc2ncccc2C1. The Hall–Kier alpha value is -1.68. The molecule has 0 N–H and O–H groups in total. The zero-order valence-corrected chi connectivity index (χ0v) is 12.6. The molecule has 0 saturated heterocycles. The average Bonchev–Trinajstić information content (AvgIpc) is 2.54. The summed E-state index contributed by atoms with van der Waals surface area (Å²) in [5.74, 6) is 0.0978. The van der Waals surface area contributed by atoms with E-state index in [4.69, 9.17) is 0 Å². The third kappa shape index (κ3) is 2.61. The monoisotopic (exact) mass is 330 g/mol. The largest absolute Gasteiger partial charge is 0.334 e. The van der Waals surface area contributed by atoms with E-state index in [1.165, 1.54) is 5.56 Å². The highest BCUT2D eigenvalue weighted by Crippen LogP contribution is 2.19. The van der Waals surface area contributed by atoms with Crippen LogP contribution in [0.4, 0.5) is 0 Å². The van der Waals surface area contributed by atoms with Crippen LogP contribution in [0.5, 0.6) is 0 Å².